The summed E-state index contributed by atoms with van der Waals surface area (Å²) < 4.78 is 10.4. The fourth-order valence-corrected chi connectivity index (χ4v) is 2.11. The quantitative estimate of drug-likeness (QED) is 0.289. The fraction of sp³-hybridized carbons (Fsp3) is 1.00. The highest BCUT2D eigenvalue weighted by atomic mass is 28.4. The molecule has 0 fully saturated rings. The number of hydrogen-bond acceptors (Lipinski definition) is 4. The molecule has 5 heteroatoms. The van der Waals surface area contributed by atoms with Crippen LogP contribution >= 0.6 is 0 Å². The summed E-state index contributed by atoms with van der Waals surface area (Å²) in [7, 11) is 1.37. The van der Waals surface area contributed by atoms with Crippen molar-refractivity contribution in [2.75, 3.05) is 20.8 Å². The van der Waals surface area contributed by atoms with Gasteiger partial charge in [0.05, 0.1) is 6.61 Å². The molecule has 0 aliphatic carbocycles. The van der Waals surface area contributed by atoms with Crippen LogP contribution in [0.1, 0.15) is 6.42 Å². The SMILES string of the molecule is CO[Si](C)(CCCOO)OC. The van der Waals surface area contributed by atoms with Gasteiger partial charge in [0.25, 0.3) is 0 Å². The molecule has 4 nitrogen and oxygen atoms in total. The summed E-state index contributed by atoms with van der Waals surface area (Å²) in [5, 5.41) is 8.04. The topological polar surface area (TPSA) is 47.9 Å². The second-order valence-electron chi connectivity index (χ2n) is 2.48. The number of rotatable bonds is 6. The molecule has 0 heterocycles. The summed E-state index contributed by atoms with van der Waals surface area (Å²) in [6.07, 6.45) is 0.765. The lowest BCUT2D eigenvalue weighted by Gasteiger charge is -2.21. The Bertz CT molecular complexity index is 94.6. The minimum absolute atomic E-state index is 0.343. The molecule has 0 aliphatic heterocycles. The third kappa shape index (κ3) is 4.49. The first-order chi connectivity index (χ1) is 5.18. The molecule has 0 amide bonds. The van der Waals surface area contributed by atoms with E-state index in [0.717, 1.165) is 12.5 Å². The van der Waals surface area contributed by atoms with E-state index in [9.17, 15) is 0 Å². The van der Waals surface area contributed by atoms with Gasteiger partial charge < -0.3 is 8.85 Å². The summed E-state index contributed by atoms with van der Waals surface area (Å²) in [6.45, 7) is 2.32. The first-order valence-electron chi connectivity index (χ1n) is 3.55. The zero-order valence-electron chi connectivity index (χ0n) is 7.29. The van der Waals surface area contributed by atoms with Crippen LogP contribution in [0.15, 0.2) is 0 Å². The molecule has 0 aromatic carbocycles. The zero-order valence-corrected chi connectivity index (χ0v) is 8.29. The van der Waals surface area contributed by atoms with Crippen LogP contribution in [0.3, 0.4) is 0 Å². The third-order valence-corrected chi connectivity index (χ3v) is 4.72. The van der Waals surface area contributed by atoms with E-state index >= 15 is 0 Å². The summed E-state index contributed by atoms with van der Waals surface area (Å²) >= 11 is 0. The molecule has 0 atom stereocenters. The maximum absolute atomic E-state index is 8.04. The van der Waals surface area contributed by atoms with Crippen molar-refractivity contribution in [3.8, 4) is 0 Å². The molecule has 11 heavy (non-hydrogen) atoms. The van der Waals surface area contributed by atoms with Gasteiger partial charge in [-0.2, -0.15) is 0 Å². The van der Waals surface area contributed by atoms with E-state index in [-0.39, 0.29) is 0 Å². The van der Waals surface area contributed by atoms with E-state index in [2.05, 4.69) is 4.89 Å². The molecule has 0 unspecified atom stereocenters. The fourth-order valence-electron chi connectivity index (χ4n) is 0.745. The Morgan fingerprint density at radius 2 is 1.82 bits per heavy atom. The average molecular weight is 180 g/mol. The lowest BCUT2D eigenvalue weighted by Crippen LogP contribution is -2.36. The Hall–Kier alpha value is 0.0569. The second-order valence-corrected chi connectivity index (χ2v) is 6.06. The summed E-state index contributed by atoms with van der Waals surface area (Å²) in [5.41, 5.74) is 0. The van der Waals surface area contributed by atoms with Gasteiger partial charge in [0.15, 0.2) is 0 Å². The van der Waals surface area contributed by atoms with Crippen molar-refractivity contribution in [2.24, 2.45) is 0 Å². The van der Waals surface area contributed by atoms with E-state index in [4.69, 9.17) is 14.1 Å². The maximum atomic E-state index is 8.04. The number of hydrogen-bond donors (Lipinski definition) is 1. The Labute approximate surface area is 68.3 Å². The molecule has 0 bridgehead atoms. The van der Waals surface area contributed by atoms with Gasteiger partial charge in [-0.3, -0.25) is 5.26 Å². The smallest absolute Gasteiger partial charge is 0.334 e. The molecular weight excluding hydrogens is 164 g/mol. The van der Waals surface area contributed by atoms with Gasteiger partial charge in [-0.1, -0.05) is 0 Å². The molecule has 0 rings (SSSR count). The molecule has 68 valence electrons. The maximum Gasteiger partial charge on any atom is 0.334 e. The van der Waals surface area contributed by atoms with E-state index in [1.165, 1.54) is 0 Å². The van der Waals surface area contributed by atoms with Crippen LogP contribution in [0.25, 0.3) is 0 Å². The van der Waals surface area contributed by atoms with Gasteiger partial charge in [-0.15, -0.1) is 0 Å². The molecule has 0 aromatic rings. The van der Waals surface area contributed by atoms with Crippen molar-refractivity contribution in [3.63, 3.8) is 0 Å². The molecule has 0 aromatic heterocycles. The Morgan fingerprint density at radius 1 is 1.27 bits per heavy atom. The minimum atomic E-state index is -1.93. The lowest BCUT2D eigenvalue weighted by molar-refractivity contribution is -0.242. The Balaban J connectivity index is 3.51. The van der Waals surface area contributed by atoms with Crippen molar-refractivity contribution >= 4 is 8.56 Å². The lowest BCUT2D eigenvalue weighted by atomic mass is 10.5. The zero-order chi connectivity index (χ0) is 8.74. The molecule has 1 N–H and O–H groups in total. The van der Waals surface area contributed by atoms with Crippen LogP contribution in [0.4, 0.5) is 0 Å². The molecule has 0 radical (unpaired) electrons. The van der Waals surface area contributed by atoms with E-state index in [0.29, 0.717) is 6.61 Å². The van der Waals surface area contributed by atoms with E-state index in [1.807, 2.05) is 6.55 Å². The first-order valence-corrected chi connectivity index (χ1v) is 6.07. The van der Waals surface area contributed by atoms with E-state index in [1.54, 1.807) is 14.2 Å². The Morgan fingerprint density at radius 3 is 2.18 bits per heavy atom. The van der Waals surface area contributed by atoms with Gasteiger partial charge in [-0.05, 0) is 19.0 Å². The molecular formula is C6H16O4Si. The molecule has 0 saturated heterocycles. The Kier molecular flexibility index (Phi) is 5.70. The predicted molar refractivity (Wildman–Crippen MR) is 43.6 cm³/mol. The van der Waals surface area contributed by atoms with Crippen molar-refractivity contribution in [2.45, 2.75) is 19.0 Å². The third-order valence-electron chi connectivity index (χ3n) is 1.73. The highest BCUT2D eigenvalue weighted by molar-refractivity contribution is 6.65. The minimum Gasteiger partial charge on any atom is -0.398 e. The average Bonchev–Trinajstić information content (AvgIpc) is 2.05. The summed E-state index contributed by atoms with van der Waals surface area (Å²) in [5.74, 6) is 0. The predicted octanol–water partition coefficient (Wildman–Crippen LogP) is 1.23. The van der Waals surface area contributed by atoms with Crippen molar-refractivity contribution < 1.29 is 19.0 Å². The van der Waals surface area contributed by atoms with Crippen LogP contribution in [0.2, 0.25) is 12.6 Å². The highest BCUT2D eigenvalue weighted by Crippen LogP contribution is 2.12. The largest absolute Gasteiger partial charge is 0.398 e. The summed E-state index contributed by atoms with van der Waals surface area (Å²) in [4.78, 5) is 3.94. The van der Waals surface area contributed by atoms with Crippen LogP contribution in [-0.2, 0) is 13.7 Å². The van der Waals surface area contributed by atoms with Crippen LogP contribution < -0.4 is 0 Å². The summed E-state index contributed by atoms with van der Waals surface area (Å²) in [6, 6.07) is 0.834. The monoisotopic (exact) mass is 180 g/mol. The highest BCUT2D eigenvalue weighted by Gasteiger charge is 2.27. The van der Waals surface area contributed by atoms with Gasteiger partial charge in [0.1, 0.15) is 0 Å². The van der Waals surface area contributed by atoms with Gasteiger partial charge >= 0.3 is 8.56 Å². The van der Waals surface area contributed by atoms with Gasteiger partial charge in [0, 0.05) is 14.2 Å². The normalized spacial score (nSPS) is 12.0. The van der Waals surface area contributed by atoms with Crippen molar-refractivity contribution in [1.29, 1.82) is 0 Å². The standard InChI is InChI=1S/C6H16O4Si/c1-8-11(3,9-2)6-4-5-10-7/h7H,4-6H2,1-3H3. The second kappa shape index (κ2) is 5.67. The first kappa shape index (κ1) is 11.1. The molecule has 0 saturated carbocycles. The van der Waals surface area contributed by atoms with Gasteiger partial charge in [0.2, 0.25) is 0 Å². The van der Waals surface area contributed by atoms with Crippen LogP contribution in [0, 0.1) is 0 Å². The van der Waals surface area contributed by atoms with E-state index < -0.39 is 8.56 Å². The van der Waals surface area contributed by atoms with Crippen molar-refractivity contribution in [3.05, 3.63) is 0 Å². The van der Waals surface area contributed by atoms with Gasteiger partial charge in [-0.25, -0.2) is 4.89 Å². The van der Waals surface area contributed by atoms with Crippen LogP contribution in [-0.4, -0.2) is 34.6 Å². The molecule has 0 spiro atoms. The van der Waals surface area contributed by atoms with Crippen LogP contribution in [0.5, 0.6) is 0 Å². The molecule has 0 aliphatic rings. The van der Waals surface area contributed by atoms with Crippen molar-refractivity contribution in [1.82, 2.24) is 0 Å².